The van der Waals surface area contributed by atoms with Crippen LogP contribution < -0.4 is 0 Å². The number of halogens is 1. The van der Waals surface area contributed by atoms with E-state index in [9.17, 15) is 9.90 Å². The summed E-state index contributed by atoms with van der Waals surface area (Å²) in [6.07, 6.45) is 0. The summed E-state index contributed by atoms with van der Waals surface area (Å²) < 4.78 is 1.01. The fourth-order valence-electron chi connectivity index (χ4n) is 1.69. The number of hydrogen-bond acceptors (Lipinski definition) is 3. The number of carboxylic acids is 1. The minimum Gasteiger partial charge on any atom is -0.478 e. The summed E-state index contributed by atoms with van der Waals surface area (Å²) in [5.41, 5.74) is 0.858. The molecule has 0 saturated heterocycles. The lowest BCUT2D eigenvalue weighted by Crippen LogP contribution is -2.15. The normalized spacial score (nSPS) is 11.4. The van der Waals surface area contributed by atoms with Gasteiger partial charge in [-0.25, -0.2) is 9.78 Å². The van der Waals surface area contributed by atoms with E-state index in [4.69, 9.17) is 0 Å². The molecule has 0 bridgehead atoms. The van der Waals surface area contributed by atoms with E-state index < -0.39 is 5.97 Å². The highest BCUT2D eigenvalue weighted by molar-refractivity contribution is 9.10. The number of benzene rings is 1. The minimum atomic E-state index is -0.930. The third-order valence-corrected chi connectivity index (χ3v) is 4.31. The van der Waals surface area contributed by atoms with Crippen molar-refractivity contribution in [2.24, 2.45) is 0 Å². The molecule has 1 heterocycles. The molecule has 0 amide bonds. The summed E-state index contributed by atoms with van der Waals surface area (Å²) in [5, 5.41) is 9.96. The van der Waals surface area contributed by atoms with Crippen molar-refractivity contribution in [1.82, 2.24) is 4.98 Å². The maximum absolute atomic E-state index is 11.3. The lowest BCUT2D eigenvalue weighted by atomic mass is 9.91. The van der Waals surface area contributed by atoms with Crippen LogP contribution in [0.25, 0.3) is 0 Å². The van der Waals surface area contributed by atoms with Crippen LogP contribution >= 0.6 is 27.7 Å². The van der Waals surface area contributed by atoms with Gasteiger partial charge in [0.25, 0.3) is 0 Å². The monoisotopic (exact) mass is 365 g/mol. The summed E-state index contributed by atoms with van der Waals surface area (Å²) in [7, 11) is 0. The van der Waals surface area contributed by atoms with Crippen molar-refractivity contribution in [1.29, 1.82) is 0 Å². The van der Waals surface area contributed by atoms with Gasteiger partial charge in [0.15, 0.2) is 0 Å². The Bertz CT molecular complexity index is 663. The second-order valence-electron chi connectivity index (χ2n) is 5.69. The minimum absolute atomic E-state index is 0.194. The number of aromatic nitrogens is 1. The molecule has 5 heteroatoms. The number of carbonyl (C=O) groups is 1. The summed E-state index contributed by atoms with van der Waals surface area (Å²) in [6.45, 7) is 6.07. The van der Waals surface area contributed by atoms with Gasteiger partial charge in [-0.2, -0.15) is 0 Å². The van der Waals surface area contributed by atoms with E-state index in [1.807, 2.05) is 45.0 Å². The van der Waals surface area contributed by atoms with E-state index in [-0.39, 0.29) is 11.0 Å². The molecular formula is C16H16BrNO2S. The summed E-state index contributed by atoms with van der Waals surface area (Å²) in [4.78, 5) is 16.9. The van der Waals surface area contributed by atoms with E-state index in [1.165, 1.54) is 11.8 Å². The quantitative estimate of drug-likeness (QED) is 0.831. The molecule has 0 radical (unpaired) electrons. The number of carboxylic acid groups (broad SMARTS) is 1. The van der Waals surface area contributed by atoms with Crippen LogP contribution in [0.1, 0.15) is 36.8 Å². The first kappa shape index (κ1) is 16.0. The van der Waals surface area contributed by atoms with Gasteiger partial charge in [0, 0.05) is 20.5 Å². The molecule has 0 aliphatic carbocycles. The topological polar surface area (TPSA) is 50.2 Å². The zero-order chi connectivity index (χ0) is 15.6. The number of nitrogens with zero attached hydrogens (tertiary/aromatic N) is 1. The van der Waals surface area contributed by atoms with E-state index >= 15 is 0 Å². The van der Waals surface area contributed by atoms with Crippen molar-refractivity contribution in [3.05, 3.63) is 52.1 Å². The lowest BCUT2D eigenvalue weighted by molar-refractivity contribution is 0.0696. The van der Waals surface area contributed by atoms with Crippen molar-refractivity contribution in [3.8, 4) is 0 Å². The molecule has 3 nitrogen and oxygen atoms in total. The van der Waals surface area contributed by atoms with Gasteiger partial charge in [-0.15, -0.1) is 0 Å². The Morgan fingerprint density at radius 2 is 1.81 bits per heavy atom. The largest absolute Gasteiger partial charge is 0.478 e. The van der Waals surface area contributed by atoms with E-state index in [0.717, 1.165) is 15.1 Å². The average Bonchev–Trinajstić information content (AvgIpc) is 2.40. The standard InChI is InChI=1S/C16H16BrNO2S/c1-16(2,3)13-8-10(15(19)20)9-14(18-13)21-12-6-4-11(17)5-7-12/h4-9H,1-3H3,(H,19,20). The molecule has 0 spiro atoms. The zero-order valence-corrected chi connectivity index (χ0v) is 14.5. The highest BCUT2D eigenvalue weighted by Gasteiger charge is 2.19. The SMILES string of the molecule is CC(C)(C)c1cc(C(=O)O)cc(Sc2ccc(Br)cc2)n1. The maximum atomic E-state index is 11.3. The Kier molecular flexibility index (Phi) is 4.74. The van der Waals surface area contributed by atoms with Crippen LogP contribution in [0, 0.1) is 0 Å². The highest BCUT2D eigenvalue weighted by Crippen LogP contribution is 2.30. The summed E-state index contributed by atoms with van der Waals surface area (Å²) >= 11 is 4.86. The molecule has 0 atom stereocenters. The third-order valence-electron chi connectivity index (χ3n) is 2.85. The van der Waals surface area contributed by atoms with Crippen LogP contribution in [0.15, 0.2) is 50.8 Å². The van der Waals surface area contributed by atoms with Crippen molar-refractivity contribution < 1.29 is 9.90 Å². The van der Waals surface area contributed by atoms with Crippen LogP contribution in [0.2, 0.25) is 0 Å². The molecule has 1 aromatic carbocycles. The van der Waals surface area contributed by atoms with Gasteiger partial charge in [-0.05, 0) is 36.4 Å². The molecule has 0 aliphatic heterocycles. The third kappa shape index (κ3) is 4.32. The van der Waals surface area contributed by atoms with Crippen LogP contribution in [0.3, 0.4) is 0 Å². The van der Waals surface area contributed by atoms with Crippen LogP contribution in [0.5, 0.6) is 0 Å². The smallest absolute Gasteiger partial charge is 0.335 e. The molecule has 0 fully saturated rings. The molecule has 0 unspecified atom stereocenters. The van der Waals surface area contributed by atoms with Gasteiger partial charge in [0.2, 0.25) is 0 Å². The molecule has 0 saturated carbocycles. The number of pyridine rings is 1. The Balaban J connectivity index is 2.40. The predicted molar refractivity (Wildman–Crippen MR) is 88.2 cm³/mol. The van der Waals surface area contributed by atoms with E-state index in [1.54, 1.807) is 12.1 Å². The van der Waals surface area contributed by atoms with Gasteiger partial charge < -0.3 is 5.11 Å². The van der Waals surface area contributed by atoms with E-state index in [0.29, 0.717) is 5.03 Å². The van der Waals surface area contributed by atoms with Crippen LogP contribution in [-0.4, -0.2) is 16.1 Å². The Labute approximate surface area is 136 Å². The first-order chi connectivity index (χ1) is 9.75. The molecule has 2 rings (SSSR count). The fourth-order valence-corrected chi connectivity index (χ4v) is 2.80. The number of aromatic carboxylic acids is 1. The van der Waals surface area contributed by atoms with Crippen LogP contribution in [-0.2, 0) is 5.41 Å². The Hall–Kier alpha value is -1.33. The average molecular weight is 366 g/mol. The van der Waals surface area contributed by atoms with Gasteiger partial charge in [-0.3, -0.25) is 0 Å². The molecule has 2 aromatic rings. The first-order valence-corrected chi connectivity index (χ1v) is 8.06. The van der Waals surface area contributed by atoms with Crippen molar-refractivity contribution in [2.75, 3.05) is 0 Å². The molecule has 1 aromatic heterocycles. The second kappa shape index (κ2) is 6.20. The lowest BCUT2D eigenvalue weighted by Gasteiger charge is -2.19. The van der Waals surface area contributed by atoms with Gasteiger partial charge in [-0.1, -0.05) is 48.5 Å². The predicted octanol–water partition coefficient (Wildman–Crippen LogP) is 4.99. The zero-order valence-electron chi connectivity index (χ0n) is 12.1. The van der Waals surface area contributed by atoms with Crippen molar-refractivity contribution in [3.63, 3.8) is 0 Å². The fraction of sp³-hybridized carbons (Fsp3) is 0.250. The maximum Gasteiger partial charge on any atom is 0.335 e. The van der Waals surface area contributed by atoms with E-state index in [2.05, 4.69) is 20.9 Å². The van der Waals surface area contributed by atoms with Gasteiger partial charge >= 0.3 is 5.97 Å². The number of hydrogen-bond donors (Lipinski definition) is 1. The van der Waals surface area contributed by atoms with Gasteiger partial charge in [0.1, 0.15) is 5.03 Å². The summed E-state index contributed by atoms with van der Waals surface area (Å²) in [5.74, 6) is -0.930. The highest BCUT2D eigenvalue weighted by atomic mass is 79.9. The Morgan fingerprint density at radius 1 is 1.19 bits per heavy atom. The van der Waals surface area contributed by atoms with Gasteiger partial charge in [0.05, 0.1) is 5.56 Å². The molecule has 1 N–H and O–H groups in total. The molecular weight excluding hydrogens is 350 g/mol. The van der Waals surface area contributed by atoms with Crippen molar-refractivity contribution in [2.45, 2.75) is 36.1 Å². The van der Waals surface area contributed by atoms with Crippen molar-refractivity contribution >= 4 is 33.7 Å². The molecule has 0 aliphatic rings. The second-order valence-corrected chi connectivity index (χ2v) is 7.70. The summed E-state index contributed by atoms with van der Waals surface area (Å²) in [6, 6.07) is 11.1. The Morgan fingerprint density at radius 3 is 2.33 bits per heavy atom. The first-order valence-electron chi connectivity index (χ1n) is 6.45. The molecule has 21 heavy (non-hydrogen) atoms. The van der Waals surface area contributed by atoms with Crippen LogP contribution in [0.4, 0.5) is 0 Å². The number of rotatable bonds is 3. The molecule has 110 valence electrons.